The van der Waals surface area contributed by atoms with E-state index in [0.717, 1.165) is 19.6 Å². The fourth-order valence-electron chi connectivity index (χ4n) is 2.03. The van der Waals surface area contributed by atoms with Crippen LogP contribution in [0.15, 0.2) is 23.8 Å². The zero-order valence-corrected chi connectivity index (χ0v) is 13.7. The summed E-state index contributed by atoms with van der Waals surface area (Å²) in [6, 6.07) is 6.69. The molecule has 0 aliphatic heterocycles. The number of nitriles is 1. The molecule has 23 heavy (non-hydrogen) atoms. The predicted molar refractivity (Wildman–Crippen MR) is 87.5 cm³/mol. The van der Waals surface area contributed by atoms with Crippen molar-refractivity contribution in [3.05, 3.63) is 29.3 Å². The third kappa shape index (κ3) is 5.64. The summed E-state index contributed by atoms with van der Waals surface area (Å²) in [6.45, 7) is 7.35. The van der Waals surface area contributed by atoms with Crippen molar-refractivity contribution in [1.29, 1.82) is 5.26 Å². The first-order chi connectivity index (χ1) is 11.0. The Labute approximate surface area is 136 Å². The second-order valence-electron chi connectivity index (χ2n) is 4.76. The molecular weight excluding hydrogens is 296 g/mol. The van der Waals surface area contributed by atoms with Gasteiger partial charge in [-0.15, -0.1) is 0 Å². The van der Waals surface area contributed by atoms with Gasteiger partial charge in [0.2, 0.25) is 0 Å². The van der Waals surface area contributed by atoms with Crippen molar-refractivity contribution in [2.24, 2.45) is 0 Å². The van der Waals surface area contributed by atoms with Crippen LogP contribution in [0.3, 0.4) is 0 Å². The normalized spacial score (nSPS) is 11.2. The summed E-state index contributed by atoms with van der Waals surface area (Å²) >= 11 is 0. The van der Waals surface area contributed by atoms with Gasteiger partial charge in [0.25, 0.3) is 0 Å². The lowest BCUT2D eigenvalue weighted by Crippen LogP contribution is -2.27. The smallest absolute Gasteiger partial charge is 0.346 e. The molecule has 0 amide bonds. The Morgan fingerprint density at radius 1 is 1.35 bits per heavy atom. The molecule has 0 bridgehead atoms. The van der Waals surface area contributed by atoms with Crippen molar-refractivity contribution in [1.82, 2.24) is 4.90 Å². The van der Waals surface area contributed by atoms with E-state index in [1.54, 1.807) is 31.4 Å². The van der Waals surface area contributed by atoms with E-state index in [1.807, 2.05) is 0 Å². The van der Waals surface area contributed by atoms with E-state index in [9.17, 15) is 4.79 Å². The molecule has 124 valence electrons. The molecular formula is C17H22N2O4. The van der Waals surface area contributed by atoms with Gasteiger partial charge in [-0.1, -0.05) is 19.9 Å². The van der Waals surface area contributed by atoms with Crippen molar-refractivity contribution in [2.45, 2.75) is 13.8 Å². The van der Waals surface area contributed by atoms with Crippen LogP contribution in [0.2, 0.25) is 0 Å². The van der Waals surface area contributed by atoms with Crippen molar-refractivity contribution < 1.29 is 19.4 Å². The van der Waals surface area contributed by atoms with Gasteiger partial charge in [-0.3, -0.25) is 0 Å². The summed E-state index contributed by atoms with van der Waals surface area (Å²) in [5.41, 5.74) is 0.242. The van der Waals surface area contributed by atoms with E-state index in [0.29, 0.717) is 23.7 Å². The third-order valence-electron chi connectivity index (χ3n) is 3.41. The topological polar surface area (TPSA) is 82.8 Å². The SMILES string of the molecule is CCN(CC)CCOc1cc(/C=C(/C#N)C(=O)O)ccc1OC. The van der Waals surface area contributed by atoms with E-state index in [4.69, 9.17) is 19.8 Å². The molecule has 0 atom stereocenters. The molecule has 0 spiro atoms. The number of ether oxygens (including phenoxy) is 2. The van der Waals surface area contributed by atoms with E-state index >= 15 is 0 Å². The van der Waals surface area contributed by atoms with Gasteiger partial charge >= 0.3 is 5.97 Å². The van der Waals surface area contributed by atoms with E-state index < -0.39 is 5.97 Å². The van der Waals surface area contributed by atoms with Crippen molar-refractivity contribution in [3.8, 4) is 17.6 Å². The Morgan fingerprint density at radius 2 is 2.04 bits per heavy atom. The summed E-state index contributed by atoms with van der Waals surface area (Å²) in [7, 11) is 1.54. The predicted octanol–water partition coefficient (Wildman–Crippen LogP) is 2.41. The molecule has 1 aromatic rings. The molecule has 6 heteroatoms. The van der Waals surface area contributed by atoms with E-state index in [1.165, 1.54) is 6.08 Å². The number of aliphatic carboxylic acids is 1. The van der Waals surface area contributed by atoms with Crippen LogP contribution in [0.5, 0.6) is 11.5 Å². The molecule has 1 aromatic carbocycles. The molecule has 0 saturated heterocycles. The highest BCUT2D eigenvalue weighted by molar-refractivity contribution is 5.96. The maximum Gasteiger partial charge on any atom is 0.346 e. The van der Waals surface area contributed by atoms with Gasteiger partial charge < -0.3 is 19.5 Å². The van der Waals surface area contributed by atoms with Crippen LogP contribution >= 0.6 is 0 Å². The first-order valence-corrected chi connectivity index (χ1v) is 7.43. The average Bonchev–Trinajstić information content (AvgIpc) is 2.56. The molecule has 0 aliphatic rings. The number of nitrogens with zero attached hydrogens (tertiary/aromatic N) is 2. The first-order valence-electron chi connectivity index (χ1n) is 7.43. The maximum absolute atomic E-state index is 10.9. The van der Waals surface area contributed by atoms with Crippen LogP contribution in [0.4, 0.5) is 0 Å². The highest BCUT2D eigenvalue weighted by atomic mass is 16.5. The Morgan fingerprint density at radius 3 is 2.57 bits per heavy atom. The summed E-state index contributed by atoms with van der Waals surface area (Å²) in [4.78, 5) is 13.1. The van der Waals surface area contributed by atoms with Crippen LogP contribution in [0.25, 0.3) is 6.08 Å². The minimum atomic E-state index is -1.26. The summed E-state index contributed by atoms with van der Waals surface area (Å²) < 4.78 is 11.0. The summed E-state index contributed by atoms with van der Waals surface area (Å²) in [6.07, 6.45) is 1.30. The Kier molecular flexibility index (Phi) is 7.64. The van der Waals surface area contributed by atoms with Crippen LogP contribution in [-0.2, 0) is 4.79 Å². The largest absolute Gasteiger partial charge is 0.493 e. The summed E-state index contributed by atoms with van der Waals surface area (Å²) in [5, 5.41) is 17.7. The summed E-state index contributed by atoms with van der Waals surface area (Å²) in [5.74, 6) is -0.168. The van der Waals surface area contributed by atoms with Crippen LogP contribution in [0.1, 0.15) is 19.4 Å². The fraction of sp³-hybridized carbons (Fsp3) is 0.412. The van der Waals surface area contributed by atoms with Gasteiger partial charge in [-0.25, -0.2) is 4.79 Å². The van der Waals surface area contributed by atoms with Gasteiger partial charge in [0.1, 0.15) is 18.2 Å². The minimum absolute atomic E-state index is 0.329. The fourth-order valence-corrected chi connectivity index (χ4v) is 2.03. The van der Waals surface area contributed by atoms with Crippen LogP contribution in [-0.4, -0.2) is 49.3 Å². The number of carbonyl (C=O) groups is 1. The van der Waals surface area contributed by atoms with Crippen molar-refractivity contribution >= 4 is 12.0 Å². The number of carboxylic acids is 1. The van der Waals surface area contributed by atoms with Crippen molar-refractivity contribution in [2.75, 3.05) is 33.4 Å². The number of benzene rings is 1. The molecule has 0 fully saturated rings. The Bertz CT molecular complexity index is 601. The van der Waals surface area contributed by atoms with E-state index in [2.05, 4.69) is 18.7 Å². The standard InChI is InChI=1S/C17H22N2O4/c1-4-19(5-2)8-9-23-16-11-13(6-7-15(16)22-3)10-14(12-18)17(20)21/h6-7,10-11H,4-5,8-9H2,1-3H3,(H,20,21)/b14-10-. The second kappa shape index (κ2) is 9.49. The van der Waals surface area contributed by atoms with Crippen molar-refractivity contribution in [3.63, 3.8) is 0 Å². The Hall–Kier alpha value is -2.52. The highest BCUT2D eigenvalue weighted by Gasteiger charge is 2.09. The number of hydrogen-bond acceptors (Lipinski definition) is 5. The first kappa shape index (κ1) is 18.5. The molecule has 0 aromatic heterocycles. The number of likely N-dealkylation sites (N-methyl/N-ethyl adjacent to an activating group) is 1. The number of rotatable bonds is 9. The maximum atomic E-state index is 10.9. The van der Waals surface area contributed by atoms with Gasteiger partial charge in [-0.2, -0.15) is 5.26 Å². The van der Waals surface area contributed by atoms with Crippen LogP contribution in [0, 0.1) is 11.3 Å². The molecule has 0 radical (unpaired) electrons. The van der Waals surface area contributed by atoms with Crippen LogP contribution < -0.4 is 9.47 Å². The lowest BCUT2D eigenvalue weighted by atomic mass is 10.1. The lowest BCUT2D eigenvalue weighted by molar-refractivity contribution is -0.132. The zero-order chi connectivity index (χ0) is 17.2. The molecule has 0 aliphatic carbocycles. The lowest BCUT2D eigenvalue weighted by Gasteiger charge is -2.18. The average molecular weight is 318 g/mol. The van der Waals surface area contributed by atoms with Gasteiger partial charge in [0.15, 0.2) is 11.5 Å². The van der Waals surface area contributed by atoms with Gasteiger partial charge in [0, 0.05) is 6.54 Å². The minimum Gasteiger partial charge on any atom is -0.493 e. The molecule has 0 unspecified atom stereocenters. The van der Waals surface area contributed by atoms with Gasteiger partial charge in [0.05, 0.1) is 7.11 Å². The molecule has 0 heterocycles. The molecule has 6 nitrogen and oxygen atoms in total. The zero-order valence-electron chi connectivity index (χ0n) is 13.7. The van der Waals surface area contributed by atoms with E-state index in [-0.39, 0.29) is 5.57 Å². The highest BCUT2D eigenvalue weighted by Crippen LogP contribution is 2.29. The monoisotopic (exact) mass is 318 g/mol. The molecule has 0 saturated carbocycles. The molecule has 1 rings (SSSR count). The third-order valence-corrected chi connectivity index (χ3v) is 3.41. The second-order valence-corrected chi connectivity index (χ2v) is 4.76. The molecule has 1 N–H and O–H groups in total. The quantitative estimate of drug-likeness (QED) is 0.556. The Balaban J connectivity index is 2.91. The number of methoxy groups -OCH3 is 1. The number of carboxylic acid groups (broad SMARTS) is 1. The number of hydrogen-bond donors (Lipinski definition) is 1. The van der Waals surface area contributed by atoms with Gasteiger partial charge in [-0.05, 0) is 36.9 Å².